The molecule has 1 aliphatic rings. The molecule has 4 rings (SSSR count). The first-order chi connectivity index (χ1) is 12.0. The van der Waals surface area contributed by atoms with E-state index in [-0.39, 0.29) is 11.5 Å². The van der Waals surface area contributed by atoms with E-state index in [0.29, 0.717) is 51.1 Å². The first-order valence-corrected chi connectivity index (χ1v) is 8.52. The van der Waals surface area contributed by atoms with Gasteiger partial charge in [0.05, 0.1) is 16.6 Å². The molecule has 0 fully saturated rings. The monoisotopic (exact) mass is 357 g/mol. The summed E-state index contributed by atoms with van der Waals surface area (Å²) in [7, 11) is 1.64. The van der Waals surface area contributed by atoms with Crippen LogP contribution >= 0.6 is 11.3 Å². The van der Waals surface area contributed by atoms with Gasteiger partial charge in [-0.15, -0.1) is 11.3 Å². The predicted molar refractivity (Wildman–Crippen MR) is 95.0 cm³/mol. The van der Waals surface area contributed by atoms with Crippen LogP contribution in [0.5, 0.6) is 11.5 Å². The van der Waals surface area contributed by atoms with E-state index in [4.69, 9.17) is 9.47 Å². The van der Waals surface area contributed by atoms with E-state index in [0.717, 1.165) is 0 Å². The molecule has 0 saturated heterocycles. The van der Waals surface area contributed by atoms with Gasteiger partial charge in [0.1, 0.15) is 18.0 Å². The number of nitrogens with one attached hydrogen (secondary N) is 1. The number of anilines is 1. The van der Waals surface area contributed by atoms with E-state index < -0.39 is 0 Å². The Bertz CT molecular complexity index is 1050. The maximum Gasteiger partial charge on any atom is 0.266 e. The minimum atomic E-state index is -0.278. The smallest absolute Gasteiger partial charge is 0.266 e. The normalized spacial score (nSPS) is 13.0. The Morgan fingerprint density at radius 3 is 2.84 bits per heavy atom. The Hall–Kier alpha value is -2.87. The average Bonchev–Trinajstić information content (AvgIpc) is 2.95. The van der Waals surface area contributed by atoms with Crippen LogP contribution in [0.25, 0.3) is 10.2 Å². The van der Waals surface area contributed by atoms with Crippen LogP contribution in [-0.2, 0) is 7.05 Å². The molecule has 1 aromatic carbocycles. The van der Waals surface area contributed by atoms with Crippen molar-refractivity contribution < 1.29 is 14.3 Å². The first kappa shape index (κ1) is 15.6. The molecular formula is C17H15N3O4S. The molecular weight excluding hydrogens is 342 g/mol. The van der Waals surface area contributed by atoms with Crippen molar-refractivity contribution in [3.05, 3.63) is 45.3 Å². The highest BCUT2D eigenvalue weighted by Crippen LogP contribution is 2.33. The lowest BCUT2D eigenvalue weighted by molar-refractivity contribution is 0.103. The Labute approximate surface area is 146 Å². The molecule has 128 valence electrons. The molecule has 0 bridgehead atoms. The van der Waals surface area contributed by atoms with E-state index in [1.807, 2.05) is 0 Å². The summed E-state index contributed by atoms with van der Waals surface area (Å²) in [6, 6.07) is 5.25. The number of hydrogen-bond donors (Lipinski definition) is 1. The fourth-order valence-corrected chi connectivity index (χ4v) is 3.77. The third kappa shape index (κ3) is 2.64. The summed E-state index contributed by atoms with van der Waals surface area (Å²) in [4.78, 5) is 30.2. The van der Waals surface area contributed by atoms with Crippen LogP contribution < -0.4 is 20.3 Å². The van der Waals surface area contributed by atoms with E-state index in [1.165, 1.54) is 22.2 Å². The second-order valence-corrected chi connectivity index (χ2v) is 6.71. The van der Waals surface area contributed by atoms with Crippen LogP contribution in [0.3, 0.4) is 0 Å². The summed E-state index contributed by atoms with van der Waals surface area (Å²) < 4.78 is 12.4. The minimum Gasteiger partial charge on any atom is -0.486 e. The summed E-state index contributed by atoms with van der Waals surface area (Å²) in [6.07, 6.45) is 1.46. The van der Waals surface area contributed by atoms with Crippen molar-refractivity contribution in [3.63, 3.8) is 0 Å². The minimum absolute atomic E-state index is 0.155. The Kier molecular flexibility index (Phi) is 3.69. The summed E-state index contributed by atoms with van der Waals surface area (Å²) in [6.45, 7) is 2.76. The van der Waals surface area contributed by atoms with Gasteiger partial charge in [-0.25, -0.2) is 4.98 Å². The lowest BCUT2D eigenvalue weighted by Gasteiger charge is -2.18. The van der Waals surface area contributed by atoms with Crippen molar-refractivity contribution in [2.45, 2.75) is 6.92 Å². The molecule has 25 heavy (non-hydrogen) atoms. The molecule has 0 radical (unpaired) electrons. The summed E-state index contributed by atoms with van der Waals surface area (Å²) in [5, 5.41) is 3.33. The van der Waals surface area contributed by atoms with Crippen LogP contribution in [0.2, 0.25) is 0 Å². The predicted octanol–water partition coefficient (Wildman–Crippen LogP) is 2.33. The van der Waals surface area contributed by atoms with Crippen molar-refractivity contribution in [3.8, 4) is 11.5 Å². The second kappa shape index (κ2) is 5.89. The quantitative estimate of drug-likeness (QED) is 0.761. The number of aromatic nitrogens is 2. The fraction of sp³-hybridized carbons (Fsp3) is 0.235. The van der Waals surface area contributed by atoms with Gasteiger partial charge in [-0.2, -0.15) is 0 Å². The number of hydrogen-bond acceptors (Lipinski definition) is 6. The van der Waals surface area contributed by atoms with Gasteiger partial charge in [0.2, 0.25) is 0 Å². The van der Waals surface area contributed by atoms with Crippen LogP contribution in [-0.4, -0.2) is 28.7 Å². The first-order valence-electron chi connectivity index (χ1n) is 7.70. The van der Waals surface area contributed by atoms with Gasteiger partial charge < -0.3 is 19.4 Å². The number of fused-ring (bicyclic) bond motifs is 2. The average molecular weight is 357 g/mol. The lowest BCUT2D eigenvalue weighted by Crippen LogP contribution is -2.17. The summed E-state index contributed by atoms with van der Waals surface area (Å²) in [5.74, 6) is 0.988. The molecule has 7 nitrogen and oxygen atoms in total. The van der Waals surface area contributed by atoms with Crippen molar-refractivity contribution in [2.24, 2.45) is 7.05 Å². The standard InChI is InChI=1S/C17H15N3O4S/c1-9-13-16(18-8-20(2)17(13)22)25-14(9)15(21)19-10-3-4-11-12(7-10)24-6-5-23-11/h3-4,7-8H,5-6H2,1-2H3,(H,19,21). The molecule has 0 atom stereocenters. The maximum atomic E-state index is 12.7. The largest absolute Gasteiger partial charge is 0.486 e. The maximum absolute atomic E-state index is 12.7. The zero-order valence-electron chi connectivity index (χ0n) is 13.7. The van der Waals surface area contributed by atoms with Gasteiger partial charge in [0.15, 0.2) is 11.5 Å². The van der Waals surface area contributed by atoms with Crippen LogP contribution in [0, 0.1) is 6.92 Å². The second-order valence-electron chi connectivity index (χ2n) is 5.71. The topological polar surface area (TPSA) is 82.4 Å². The van der Waals surface area contributed by atoms with E-state index in [2.05, 4.69) is 10.3 Å². The van der Waals surface area contributed by atoms with Crippen molar-refractivity contribution in [1.29, 1.82) is 0 Å². The van der Waals surface area contributed by atoms with Crippen molar-refractivity contribution in [1.82, 2.24) is 9.55 Å². The molecule has 3 heterocycles. The molecule has 1 amide bonds. The molecule has 2 aromatic heterocycles. The van der Waals surface area contributed by atoms with E-state index in [9.17, 15) is 9.59 Å². The van der Waals surface area contributed by atoms with Crippen LogP contribution in [0.15, 0.2) is 29.3 Å². The molecule has 1 N–H and O–H groups in total. The Morgan fingerprint density at radius 2 is 2.04 bits per heavy atom. The number of benzene rings is 1. The highest BCUT2D eigenvalue weighted by molar-refractivity contribution is 7.20. The molecule has 3 aromatic rings. The molecule has 8 heteroatoms. The molecule has 1 aliphatic heterocycles. The summed E-state index contributed by atoms with van der Waals surface area (Å²) in [5.41, 5.74) is 1.09. The number of carbonyl (C=O) groups is 1. The molecule has 0 spiro atoms. The van der Waals surface area contributed by atoms with Gasteiger partial charge in [-0.05, 0) is 24.6 Å². The van der Waals surface area contributed by atoms with Gasteiger partial charge in [0.25, 0.3) is 11.5 Å². The molecule has 0 aliphatic carbocycles. The number of amides is 1. The number of nitrogens with zero attached hydrogens (tertiary/aromatic N) is 2. The Morgan fingerprint density at radius 1 is 1.28 bits per heavy atom. The number of thiophene rings is 1. The Balaban J connectivity index is 1.68. The van der Waals surface area contributed by atoms with Crippen molar-refractivity contribution >= 4 is 33.1 Å². The highest BCUT2D eigenvalue weighted by atomic mass is 32.1. The zero-order valence-corrected chi connectivity index (χ0v) is 14.5. The number of ether oxygens (including phenoxy) is 2. The van der Waals surface area contributed by atoms with E-state index in [1.54, 1.807) is 32.2 Å². The van der Waals surface area contributed by atoms with Crippen molar-refractivity contribution in [2.75, 3.05) is 18.5 Å². The lowest BCUT2D eigenvalue weighted by atomic mass is 10.2. The number of rotatable bonds is 2. The van der Waals surface area contributed by atoms with E-state index >= 15 is 0 Å². The molecule has 0 saturated carbocycles. The van der Waals surface area contributed by atoms with Crippen LogP contribution in [0.4, 0.5) is 5.69 Å². The van der Waals surface area contributed by atoms with Gasteiger partial charge >= 0.3 is 0 Å². The number of carbonyl (C=O) groups excluding carboxylic acids is 1. The molecule has 0 unspecified atom stereocenters. The highest BCUT2D eigenvalue weighted by Gasteiger charge is 2.20. The van der Waals surface area contributed by atoms with Gasteiger partial charge in [0, 0.05) is 18.8 Å². The third-order valence-electron chi connectivity index (χ3n) is 4.02. The summed E-state index contributed by atoms with van der Waals surface area (Å²) >= 11 is 1.21. The van der Waals surface area contributed by atoms with Gasteiger partial charge in [-0.3, -0.25) is 9.59 Å². The fourth-order valence-electron chi connectivity index (χ4n) is 2.73. The zero-order chi connectivity index (χ0) is 17.6. The number of aryl methyl sites for hydroxylation is 2. The SMILES string of the molecule is Cc1c(C(=O)Nc2ccc3c(c2)OCCO3)sc2ncn(C)c(=O)c12. The van der Waals surface area contributed by atoms with Crippen LogP contribution in [0.1, 0.15) is 15.2 Å². The van der Waals surface area contributed by atoms with Gasteiger partial charge in [-0.1, -0.05) is 0 Å². The third-order valence-corrected chi connectivity index (χ3v) is 5.22.